The van der Waals surface area contributed by atoms with Gasteiger partial charge in [-0.25, -0.2) is 4.90 Å². The molecule has 2 fully saturated rings. The number of hydrogen-bond donors (Lipinski definition) is 0. The highest BCUT2D eigenvalue weighted by atomic mass is 35.5. The summed E-state index contributed by atoms with van der Waals surface area (Å²) < 4.78 is 6.24. The van der Waals surface area contributed by atoms with Crippen LogP contribution >= 0.6 is 11.6 Å². The van der Waals surface area contributed by atoms with E-state index in [0.29, 0.717) is 16.3 Å². The molecule has 168 valence electrons. The summed E-state index contributed by atoms with van der Waals surface area (Å²) in [5, 5.41) is 0.404. The average Bonchev–Trinajstić information content (AvgIpc) is 3.42. The summed E-state index contributed by atoms with van der Waals surface area (Å²) in [5.41, 5.74) is 0.0517. The standard InChI is InChI=1S/C27H18ClNO5/c1-14-11-12-16(13-19(14)28)29-25(32)20-21(26(29)33)27(34-22(20)15-7-3-2-4-8-15)23(30)17-9-5-6-10-18(17)24(27)31/h2-13,20-22H,1H3/t20-,21+,22+/m0/s1. The maximum Gasteiger partial charge on any atom is 0.241 e. The minimum atomic E-state index is -2.08. The van der Waals surface area contributed by atoms with E-state index in [1.54, 1.807) is 66.7 Å². The summed E-state index contributed by atoms with van der Waals surface area (Å²) in [6, 6.07) is 20.2. The minimum absolute atomic E-state index is 0.206. The Hall–Kier alpha value is -3.61. The molecule has 2 heterocycles. The number of benzene rings is 3. The van der Waals surface area contributed by atoms with Gasteiger partial charge < -0.3 is 4.74 Å². The summed E-state index contributed by atoms with van der Waals surface area (Å²) in [7, 11) is 0. The van der Waals surface area contributed by atoms with Gasteiger partial charge in [-0.05, 0) is 30.2 Å². The monoisotopic (exact) mass is 471 g/mol. The Balaban J connectivity index is 1.55. The molecule has 0 unspecified atom stereocenters. The molecule has 2 aliphatic heterocycles. The summed E-state index contributed by atoms with van der Waals surface area (Å²) in [4.78, 5) is 56.1. The topological polar surface area (TPSA) is 80.8 Å². The zero-order chi connectivity index (χ0) is 23.8. The predicted octanol–water partition coefficient (Wildman–Crippen LogP) is 4.34. The van der Waals surface area contributed by atoms with Crippen molar-refractivity contribution in [1.82, 2.24) is 0 Å². The number of fused-ring (bicyclic) bond motifs is 3. The molecule has 34 heavy (non-hydrogen) atoms. The highest BCUT2D eigenvalue weighted by molar-refractivity contribution is 6.37. The second kappa shape index (κ2) is 7.19. The number of halogens is 1. The lowest BCUT2D eigenvalue weighted by molar-refractivity contribution is -0.127. The van der Waals surface area contributed by atoms with Gasteiger partial charge in [-0.2, -0.15) is 0 Å². The Morgan fingerprint density at radius 3 is 2.06 bits per heavy atom. The van der Waals surface area contributed by atoms with Gasteiger partial charge in [-0.3, -0.25) is 19.2 Å². The van der Waals surface area contributed by atoms with Crippen molar-refractivity contribution in [3.8, 4) is 0 Å². The molecule has 0 N–H and O–H groups in total. The maximum atomic E-state index is 13.9. The lowest BCUT2D eigenvalue weighted by Gasteiger charge is -2.27. The van der Waals surface area contributed by atoms with Gasteiger partial charge in [0.05, 0.1) is 23.6 Å². The summed E-state index contributed by atoms with van der Waals surface area (Å²) >= 11 is 6.28. The van der Waals surface area contributed by atoms with E-state index in [4.69, 9.17) is 16.3 Å². The van der Waals surface area contributed by atoms with Crippen LogP contribution in [0.1, 0.15) is 37.9 Å². The van der Waals surface area contributed by atoms with Crippen molar-refractivity contribution in [2.24, 2.45) is 11.8 Å². The molecule has 2 saturated heterocycles. The molecular weight excluding hydrogens is 454 g/mol. The highest BCUT2D eigenvalue weighted by Crippen LogP contribution is 2.57. The van der Waals surface area contributed by atoms with Crippen LogP contribution in [0.25, 0.3) is 0 Å². The number of hydrogen-bond acceptors (Lipinski definition) is 5. The molecule has 7 heteroatoms. The van der Waals surface area contributed by atoms with Crippen LogP contribution in [0, 0.1) is 18.8 Å². The van der Waals surface area contributed by atoms with Gasteiger partial charge in [0, 0.05) is 16.1 Å². The number of aryl methyl sites for hydroxylation is 1. The van der Waals surface area contributed by atoms with Crippen molar-refractivity contribution in [2.75, 3.05) is 4.90 Å². The molecule has 1 spiro atoms. The van der Waals surface area contributed by atoms with Crippen LogP contribution in [-0.2, 0) is 14.3 Å². The quantitative estimate of drug-likeness (QED) is 0.410. The molecule has 2 amide bonds. The van der Waals surface area contributed by atoms with E-state index >= 15 is 0 Å². The normalized spacial score (nSPS) is 24.8. The van der Waals surface area contributed by atoms with Crippen molar-refractivity contribution < 1.29 is 23.9 Å². The van der Waals surface area contributed by atoms with Gasteiger partial charge in [-0.1, -0.05) is 72.3 Å². The number of nitrogens with zero attached hydrogens (tertiary/aromatic N) is 1. The van der Waals surface area contributed by atoms with Gasteiger partial charge in [-0.15, -0.1) is 0 Å². The van der Waals surface area contributed by atoms with Crippen LogP contribution in [0.2, 0.25) is 5.02 Å². The first kappa shape index (κ1) is 21.0. The van der Waals surface area contributed by atoms with Crippen LogP contribution in [0.3, 0.4) is 0 Å². The average molecular weight is 472 g/mol. The maximum absolute atomic E-state index is 13.9. The Bertz CT molecular complexity index is 1380. The highest BCUT2D eigenvalue weighted by Gasteiger charge is 2.74. The van der Waals surface area contributed by atoms with Crippen molar-refractivity contribution in [3.63, 3.8) is 0 Å². The van der Waals surface area contributed by atoms with E-state index in [9.17, 15) is 19.2 Å². The van der Waals surface area contributed by atoms with E-state index in [1.807, 2.05) is 13.0 Å². The van der Waals surface area contributed by atoms with Gasteiger partial charge in [0.25, 0.3) is 0 Å². The molecule has 1 aliphatic carbocycles. The van der Waals surface area contributed by atoms with E-state index in [0.717, 1.165) is 10.5 Å². The van der Waals surface area contributed by atoms with Crippen LogP contribution < -0.4 is 4.90 Å². The second-order valence-corrected chi connectivity index (χ2v) is 9.24. The fourth-order valence-electron chi connectivity index (χ4n) is 5.44. The van der Waals surface area contributed by atoms with E-state index in [-0.39, 0.29) is 11.1 Å². The van der Waals surface area contributed by atoms with Crippen LogP contribution in [0.15, 0.2) is 72.8 Å². The molecular formula is C27H18ClNO5. The third kappa shape index (κ3) is 2.55. The predicted molar refractivity (Wildman–Crippen MR) is 124 cm³/mol. The van der Waals surface area contributed by atoms with Gasteiger partial charge >= 0.3 is 0 Å². The van der Waals surface area contributed by atoms with Crippen molar-refractivity contribution in [2.45, 2.75) is 18.6 Å². The molecule has 0 saturated carbocycles. The third-order valence-electron chi connectivity index (χ3n) is 7.06. The number of imide groups is 1. The first-order chi connectivity index (χ1) is 16.4. The second-order valence-electron chi connectivity index (χ2n) is 8.84. The lowest BCUT2D eigenvalue weighted by Crippen LogP contribution is -2.51. The van der Waals surface area contributed by atoms with Crippen LogP contribution in [0.4, 0.5) is 5.69 Å². The Kier molecular flexibility index (Phi) is 4.43. The van der Waals surface area contributed by atoms with Crippen molar-refractivity contribution >= 4 is 40.7 Å². The Morgan fingerprint density at radius 1 is 0.824 bits per heavy atom. The van der Waals surface area contributed by atoms with Crippen LogP contribution in [0.5, 0.6) is 0 Å². The van der Waals surface area contributed by atoms with Crippen LogP contribution in [-0.4, -0.2) is 29.0 Å². The Labute approximate surface area is 200 Å². The van der Waals surface area contributed by atoms with Gasteiger partial charge in [0.1, 0.15) is 0 Å². The zero-order valence-electron chi connectivity index (χ0n) is 18.0. The third-order valence-corrected chi connectivity index (χ3v) is 7.47. The molecule has 3 atom stereocenters. The molecule has 3 aromatic carbocycles. The van der Waals surface area contributed by atoms with Gasteiger partial charge in [0.2, 0.25) is 29.0 Å². The number of Topliss-reactive ketones (excluding diaryl/α,β-unsaturated/α-hetero) is 2. The first-order valence-electron chi connectivity index (χ1n) is 10.9. The number of amides is 2. The number of ketones is 2. The number of anilines is 1. The summed E-state index contributed by atoms with van der Waals surface area (Å²) in [6.45, 7) is 1.82. The van der Waals surface area contributed by atoms with Gasteiger partial charge in [0.15, 0.2) is 0 Å². The first-order valence-corrected chi connectivity index (χ1v) is 11.3. The molecule has 6 rings (SSSR count). The fourth-order valence-corrected chi connectivity index (χ4v) is 5.61. The molecule has 0 radical (unpaired) electrons. The van der Waals surface area contributed by atoms with E-state index < -0.39 is 46.9 Å². The number of rotatable bonds is 2. The fraction of sp³-hybridized carbons (Fsp3) is 0.185. The summed E-state index contributed by atoms with van der Waals surface area (Å²) in [5.74, 6) is -4.62. The number of ether oxygens (including phenoxy) is 1. The smallest absolute Gasteiger partial charge is 0.241 e. The molecule has 3 aromatic rings. The number of carbonyl (C=O) groups excluding carboxylic acids is 4. The Morgan fingerprint density at radius 2 is 1.44 bits per heavy atom. The summed E-state index contributed by atoms with van der Waals surface area (Å²) in [6.07, 6.45) is -0.934. The van der Waals surface area contributed by atoms with E-state index in [2.05, 4.69) is 0 Å². The van der Waals surface area contributed by atoms with Crippen molar-refractivity contribution in [3.05, 3.63) is 100 Å². The minimum Gasteiger partial charge on any atom is -0.349 e. The molecule has 3 aliphatic rings. The van der Waals surface area contributed by atoms with Crippen molar-refractivity contribution in [1.29, 1.82) is 0 Å². The lowest BCUT2D eigenvalue weighted by atomic mass is 9.77. The SMILES string of the molecule is Cc1ccc(N2C(=O)[C@@H]3[C@@H](c4ccccc4)OC4(C(=O)c5ccccc5C4=O)[C@H]3C2=O)cc1Cl. The zero-order valence-corrected chi connectivity index (χ0v) is 18.8. The largest absolute Gasteiger partial charge is 0.349 e. The number of carbonyl (C=O) groups is 4. The van der Waals surface area contributed by atoms with E-state index in [1.165, 1.54) is 0 Å². The molecule has 0 bridgehead atoms. The molecule has 0 aromatic heterocycles. The molecule has 6 nitrogen and oxygen atoms in total.